The van der Waals surface area contributed by atoms with Gasteiger partial charge in [0, 0.05) is 38.8 Å². The Labute approximate surface area is 205 Å². The van der Waals surface area contributed by atoms with E-state index in [9.17, 15) is 18.4 Å². The quantitative estimate of drug-likeness (QED) is 0.553. The Morgan fingerprint density at radius 2 is 1.92 bits per heavy atom. The summed E-state index contributed by atoms with van der Waals surface area (Å²) >= 11 is 0. The summed E-state index contributed by atoms with van der Waals surface area (Å²) in [5.74, 6) is -2.93. The van der Waals surface area contributed by atoms with Gasteiger partial charge >= 0.3 is 0 Å². The van der Waals surface area contributed by atoms with Crippen LogP contribution in [0, 0.1) is 0 Å². The fourth-order valence-electron chi connectivity index (χ4n) is 4.40. The lowest BCUT2D eigenvalue weighted by molar-refractivity contribution is -0.132. The number of amides is 2. The Bertz CT molecular complexity index is 1300. The molecule has 0 aromatic carbocycles. The summed E-state index contributed by atoms with van der Waals surface area (Å²) in [5.41, 5.74) is 2.09. The standard InChI is InChI=1S/C24H25F2N7O3/c1-14(21(34)33-11-8-24(25,26)13-33)28-23-27-9-6-18(30-23)16-4-3-5-17(29-16)19-12-20(36-31-19)15-7-10-32(2)22(15)35/h3-6,9,12,14-15H,7-8,10-11,13H2,1-2H3,(H,27,28,30)/t14-,15-/m0/s1. The Morgan fingerprint density at radius 1 is 1.17 bits per heavy atom. The molecule has 2 aliphatic rings. The van der Waals surface area contributed by atoms with E-state index in [1.54, 1.807) is 49.2 Å². The molecule has 1 N–H and O–H groups in total. The van der Waals surface area contributed by atoms with Gasteiger partial charge in [-0.2, -0.15) is 0 Å². The number of rotatable bonds is 6. The van der Waals surface area contributed by atoms with Gasteiger partial charge in [0.25, 0.3) is 5.92 Å². The minimum Gasteiger partial charge on any atom is -0.360 e. The zero-order chi connectivity index (χ0) is 25.4. The number of alkyl halides is 2. The van der Waals surface area contributed by atoms with Crippen molar-refractivity contribution in [2.45, 2.75) is 37.6 Å². The van der Waals surface area contributed by atoms with Crippen molar-refractivity contribution in [1.29, 1.82) is 0 Å². The Hall–Kier alpha value is -3.96. The molecule has 5 rings (SSSR count). The number of anilines is 1. The topological polar surface area (TPSA) is 117 Å². The average molecular weight is 498 g/mol. The third kappa shape index (κ3) is 4.75. The van der Waals surface area contributed by atoms with E-state index in [0.29, 0.717) is 41.5 Å². The largest absolute Gasteiger partial charge is 0.360 e. The van der Waals surface area contributed by atoms with E-state index in [0.717, 1.165) is 4.90 Å². The number of pyridine rings is 1. The monoisotopic (exact) mass is 497 g/mol. The fraction of sp³-hybridized carbons (Fsp3) is 0.417. The molecule has 0 radical (unpaired) electrons. The van der Waals surface area contributed by atoms with E-state index >= 15 is 0 Å². The van der Waals surface area contributed by atoms with Crippen LogP contribution in [-0.2, 0) is 9.59 Å². The molecule has 0 aliphatic carbocycles. The van der Waals surface area contributed by atoms with Gasteiger partial charge < -0.3 is 19.6 Å². The number of likely N-dealkylation sites (N-methyl/N-ethyl adjacent to an activating group) is 1. The Balaban J connectivity index is 1.31. The molecule has 36 heavy (non-hydrogen) atoms. The maximum absolute atomic E-state index is 13.5. The maximum Gasteiger partial charge on any atom is 0.267 e. The Kier molecular flexibility index (Phi) is 6.10. The summed E-state index contributed by atoms with van der Waals surface area (Å²) in [4.78, 5) is 40.9. The third-order valence-corrected chi connectivity index (χ3v) is 6.43. The van der Waals surface area contributed by atoms with Crippen LogP contribution in [0.5, 0.6) is 0 Å². The Morgan fingerprint density at radius 3 is 2.61 bits per heavy atom. The molecular weight excluding hydrogens is 472 g/mol. The van der Waals surface area contributed by atoms with Gasteiger partial charge in [-0.05, 0) is 31.5 Å². The summed E-state index contributed by atoms with van der Waals surface area (Å²) < 4.78 is 32.4. The first-order valence-corrected chi connectivity index (χ1v) is 11.7. The van der Waals surface area contributed by atoms with Crippen molar-refractivity contribution in [2.24, 2.45) is 0 Å². The molecule has 0 bridgehead atoms. The number of carbonyl (C=O) groups excluding carboxylic acids is 2. The summed E-state index contributed by atoms with van der Waals surface area (Å²) in [6.07, 6.45) is 1.87. The lowest BCUT2D eigenvalue weighted by Crippen LogP contribution is -2.41. The third-order valence-electron chi connectivity index (χ3n) is 6.43. The van der Waals surface area contributed by atoms with E-state index in [2.05, 4.69) is 25.4 Å². The van der Waals surface area contributed by atoms with Gasteiger partial charge in [0.05, 0.1) is 23.6 Å². The van der Waals surface area contributed by atoms with Gasteiger partial charge in [0.1, 0.15) is 23.4 Å². The van der Waals surface area contributed by atoms with E-state index in [4.69, 9.17) is 4.52 Å². The average Bonchev–Trinajstić information content (AvgIpc) is 3.58. The molecule has 2 saturated heterocycles. The SMILES string of the molecule is C[C@H](Nc1nccc(-c2cccc(-c3cc([C@@H]4CCN(C)C4=O)on3)n2)n1)C(=O)N1CCC(F)(F)C1. The molecule has 5 heterocycles. The van der Waals surface area contributed by atoms with E-state index < -0.39 is 24.4 Å². The smallest absolute Gasteiger partial charge is 0.267 e. The normalized spacial score (nSPS) is 20.1. The number of nitrogens with one attached hydrogen (secondary N) is 1. The highest BCUT2D eigenvalue weighted by molar-refractivity contribution is 5.85. The number of likely N-dealkylation sites (tertiary alicyclic amines) is 2. The molecule has 2 aliphatic heterocycles. The molecule has 2 amide bonds. The van der Waals surface area contributed by atoms with E-state index in [1.165, 1.54) is 6.20 Å². The van der Waals surface area contributed by atoms with Crippen LogP contribution >= 0.6 is 0 Å². The number of hydrogen-bond donors (Lipinski definition) is 1. The second-order valence-electron chi connectivity index (χ2n) is 9.12. The van der Waals surface area contributed by atoms with Crippen molar-refractivity contribution in [2.75, 3.05) is 32.0 Å². The van der Waals surface area contributed by atoms with Crippen LogP contribution in [0.4, 0.5) is 14.7 Å². The van der Waals surface area contributed by atoms with Crippen molar-refractivity contribution in [1.82, 2.24) is 29.9 Å². The number of carbonyl (C=O) groups is 2. The van der Waals surface area contributed by atoms with Gasteiger partial charge in [0.2, 0.25) is 17.8 Å². The number of nitrogens with zero attached hydrogens (tertiary/aromatic N) is 6. The second kappa shape index (κ2) is 9.25. The van der Waals surface area contributed by atoms with Crippen LogP contribution in [0.25, 0.3) is 22.8 Å². The molecule has 3 aromatic heterocycles. The minimum absolute atomic E-state index is 0.00609. The van der Waals surface area contributed by atoms with Crippen LogP contribution in [0.3, 0.4) is 0 Å². The van der Waals surface area contributed by atoms with Crippen LogP contribution in [0.2, 0.25) is 0 Å². The first kappa shape index (κ1) is 23.8. The first-order chi connectivity index (χ1) is 17.2. The maximum atomic E-state index is 13.5. The lowest BCUT2D eigenvalue weighted by atomic mass is 10.0. The van der Waals surface area contributed by atoms with Gasteiger partial charge in [0.15, 0.2) is 0 Å². The predicted octanol–water partition coefficient (Wildman–Crippen LogP) is 2.81. The van der Waals surface area contributed by atoms with Crippen molar-refractivity contribution in [3.63, 3.8) is 0 Å². The van der Waals surface area contributed by atoms with Crippen LogP contribution in [0.15, 0.2) is 41.1 Å². The summed E-state index contributed by atoms with van der Waals surface area (Å²) in [7, 11) is 1.76. The molecule has 0 spiro atoms. The van der Waals surface area contributed by atoms with Crippen molar-refractivity contribution in [3.05, 3.63) is 42.3 Å². The highest BCUT2D eigenvalue weighted by atomic mass is 19.3. The number of aromatic nitrogens is 4. The minimum atomic E-state index is -2.85. The summed E-state index contributed by atoms with van der Waals surface area (Å²) in [6, 6.07) is 7.98. The fourth-order valence-corrected chi connectivity index (χ4v) is 4.40. The molecule has 3 aromatic rings. The molecule has 10 nitrogen and oxygen atoms in total. The van der Waals surface area contributed by atoms with Crippen molar-refractivity contribution >= 4 is 17.8 Å². The van der Waals surface area contributed by atoms with Crippen molar-refractivity contribution in [3.8, 4) is 22.8 Å². The first-order valence-electron chi connectivity index (χ1n) is 11.7. The molecule has 188 valence electrons. The van der Waals surface area contributed by atoms with Gasteiger partial charge in [-0.15, -0.1) is 0 Å². The molecule has 0 saturated carbocycles. The lowest BCUT2D eigenvalue weighted by Gasteiger charge is -2.21. The molecule has 2 atom stereocenters. The van der Waals surface area contributed by atoms with Crippen LogP contribution in [0.1, 0.15) is 31.4 Å². The molecule has 12 heteroatoms. The zero-order valence-corrected chi connectivity index (χ0v) is 19.8. The van der Waals surface area contributed by atoms with Gasteiger partial charge in [-0.1, -0.05) is 11.2 Å². The van der Waals surface area contributed by atoms with Crippen LogP contribution < -0.4 is 5.32 Å². The van der Waals surface area contributed by atoms with Gasteiger partial charge in [-0.25, -0.2) is 23.7 Å². The molecular formula is C24H25F2N7O3. The highest BCUT2D eigenvalue weighted by Crippen LogP contribution is 2.31. The zero-order valence-electron chi connectivity index (χ0n) is 19.8. The molecule has 2 fully saturated rings. The van der Waals surface area contributed by atoms with Crippen LogP contribution in [-0.4, -0.2) is 80.4 Å². The van der Waals surface area contributed by atoms with E-state index in [-0.39, 0.29) is 30.7 Å². The summed E-state index contributed by atoms with van der Waals surface area (Å²) in [6.45, 7) is 1.70. The number of halogens is 2. The molecule has 0 unspecified atom stereocenters. The van der Waals surface area contributed by atoms with Gasteiger partial charge in [-0.3, -0.25) is 9.59 Å². The second-order valence-corrected chi connectivity index (χ2v) is 9.12. The van der Waals surface area contributed by atoms with E-state index in [1.807, 2.05) is 0 Å². The van der Waals surface area contributed by atoms with Crippen molar-refractivity contribution < 1.29 is 22.9 Å². The summed E-state index contributed by atoms with van der Waals surface area (Å²) in [5, 5.41) is 7.00. The number of hydrogen-bond acceptors (Lipinski definition) is 8. The highest BCUT2D eigenvalue weighted by Gasteiger charge is 2.41. The predicted molar refractivity (Wildman–Crippen MR) is 125 cm³/mol.